The van der Waals surface area contributed by atoms with Crippen molar-refractivity contribution in [3.05, 3.63) is 64.7 Å². The van der Waals surface area contributed by atoms with Gasteiger partial charge in [0.1, 0.15) is 5.75 Å². The van der Waals surface area contributed by atoms with Crippen LogP contribution in [0.5, 0.6) is 5.75 Å². The van der Waals surface area contributed by atoms with Gasteiger partial charge in [-0.3, -0.25) is 14.4 Å². The molecule has 2 aromatic rings. The predicted molar refractivity (Wildman–Crippen MR) is 126 cm³/mol. The van der Waals surface area contributed by atoms with Crippen LogP contribution in [0.2, 0.25) is 5.02 Å². The summed E-state index contributed by atoms with van der Waals surface area (Å²) in [7, 11) is 1.59. The molecular weight excluding hydrogens is 442 g/mol. The van der Waals surface area contributed by atoms with Crippen LogP contribution in [0.4, 0.5) is 0 Å². The minimum atomic E-state index is -0.209. The number of amides is 3. The van der Waals surface area contributed by atoms with Gasteiger partial charge < -0.3 is 19.4 Å². The molecule has 2 aliphatic rings. The Morgan fingerprint density at radius 3 is 1.94 bits per heavy atom. The molecule has 2 saturated heterocycles. The van der Waals surface area contributed by atoms with Crippen molar-refractivity contribution in [3.63, 3.8) is 0 Å². The molecule has 4 rings (SSSR count). The van der Waals surface area contributed by atoms with Crippen molar-refractivity contribution in [2.24, 2.45) is 5.92 Å². The lowest BCUT2D eigenvalue weighted by Crippen LogP contribution is -2.54. The van der Waals surface area contributed by atoms with Crippen LogP contribution in [0.1, 0.15) is 33.6 Å². The van der Waals surface area contributed by atoms with Crippen molar-refractivity contribution in [2.75, 3.05) is 46.4 Å². The number of piperidine rings is 1. The number of carbonyl (C=O) groups excluding carboxylic acids is 3. The number of ether oxygens (including phenoxy) is 1. The fourth-order valence-electron chi connectivity index (χ4n) is 4.44. The molecule has 0 N–H and O–H groups in total. The fraction of sp³-hybridized carbons (Fsp3) is 0.400. The number of halogens is 1. The van der Waals surface area contributed by atoms with E-state index >= 15 is 0 Å². The Morgan fingerprint density at radius 1 is 0.788 bits per heavy atom. The minimum absolute atomic E-state index is 0.0397. The van der Waals surface area contributed by atoms with Crippen molar-refractivity contribution in [1.82, 2.24) is 14.7 Å². The monoisotopic (exact) mass is 469 g/mol. The van der Waals surface area contributed by atoms with Crippen LogP contribution in [0.15, 0.2) is 48.5 Å². The molecule has 8 heteroatoms. The molecule has 1 unspecified atom stereocenters. The first-order chi connectivity index (χ1) is 16.0. The third-order valence-corrected chi connectivity index (χ3v) is 6.62. The van der Waals surface area contributed by atoms with Gasteiger partial charge in [0.2, 0.25) is 5.91 Å². The maximum Gasteiger partial charge on any atom is 0.253 e. The van der Waals surface area contributed by atoms with Crippen molar-refractivity contribution >= 4 is 29.3 Å². The summed E-state index contributed by atoms with van der Waals surface area (Å²) in [6.45, 7) is 3.07. The molecule has 33 heavy (non-hydrogen) atoms. The fourth-order valence-corrected chi connectivity index (χ4v) is 4.57. The van der Waals surface area contributed by atoms with E-state index in [4.69, 9.17) is 16.3 Å². The number of likely N-dealkylation sites (tertiary alicyclic amines) is 1. The molecule has 2 fully saturated rings. The lowest BCUT2D eigenvalue weighted by molar-refractivity contribution is -0.138. The summed E-state index contributed by atoms with van der Waals surface area (Å²) in [5.74, 6) is 0.457. The average Bonchev–Trinajstić information content (AvgIpc) is 2.88. The molecule has 1 atom stereocenters. The second kappa shape index (κ2) is 10.3. The van der Waals surface area contributed by atoms with E-state index in [1.807, 2.05) is 4.90 Å². The van der Waals surface area contributed by atoms with Crippen LogP contribution in [0.25, 0.3) is 0 Å². The third-order valence-electron chi connectivity index (χ3n) is 6.36. The molecule has 0 aromatic heterocycles. The van der Waals surface area contributed by atoms with Crippen LogP contribution in [-0.4, -0.2) is 78.8 Å². The van der Waals surface area contributed by atoms with Crippen LogP contribution < -0.4 is 4.74 Å². The van der Waals surface area contributed by atoms with Gasteiger partial charge in [-0.1, -0.05) is 11.6 Å². The number of piperazine rings is 1. The lowest BCUT2D eigenvalue weighted by Gasteiger charge is -2.39. The van der Waals surface area contributed by atoms with Crippen molar-refractivity contribution in [1.29, 1.82) is 0 Å². The minimum Gasteiger partial charge on any atom is -0.497 e. The normalized spacial score (nSPS) is 18.7. The maximum absolute atomic E-state index is 13.2. The molecule has 0 saturated carbocycles. The molecular formula is C25H28ClN3O4. The Kier molecular flexibility index (Phi) is 7.18. The van der Waals surface area contributed by atoms with Gasteiger partial charge in [-0.05, 0) is 61.4 Å². The first kappa shape index (κ1) is 23.1. The Hall–Kier alpha value is -3.06. The van der Waals surface area contributed by atoms with Crippen molar-refractivity contribution in [2.45, 2.75) is 12.8 Å². The number of methoxy groups -OCH3 is 1. The van der Waals surface area contributed by atoms with Crippen molar-refractivity contribution < 1.29 is 19.1 Å². The lowest BCUT2D eigenvalue weighted by atomic mass is 9.95. The Bertz CT molecular complexity index is 1000. The van der Waals surface area contributed by atoms with Crippen LogP contribution in [-0.2, 0) is 4.79 Å². The summed E-state index contributed by atoms with van der Waals surface area (Å²) in [5, 5.41) is 0.586. The highest BCUT2D eigenvalue weighted by Crippen LogP contribution is 2.22. The summed E-state index contributed by atoms with van der Waals surface area (Å²) < 4.78 is 5.15. The second-order valence-corrected chi connectivity index (χ2v) is 8.88. The first-order valence-electron chi connectivity index (χ1n) is 11.2. The molecule has 0 aliphatic carbocycles. The Morgan fingerprint density at radius 2 is 1.33 bits per heavy atom. The SMILES string of the molecule is COc1ccc(C(=O)N2CCN(C(=O)C3CCCN(C(=O)c4ccc(Cl)cc4)C3)CC2)cc1. The van der Waals surface area contributed by atoms with Crippen LogP contribution >= 0.6 is 11.6 Å². The van der Waals surface area contributed by atoms with E-state index in [0.717, 1.165) is 12.8 Å². The highest BCUT2D eigenvalue weighted by Gasteiger charge is 2.33. The molecule has 2 aromatic carbocycles. The molecule has 2 heterocycles. The predicted octanol–water partition coefficient (Wildman–Crippen LogP) is 3.19. The summed E-state index contributed by atoms with van der Waals surface area (Å²) in [6, 6.07) is 13.9. The molecule has 0 radical (unpaired) electrons. The highest BCUT2D eigenvalue weighted by molar-refractivity contribution is 6.30. The summed E-state index contributed by atoms with van der Waals surface area (Å²) in [4.78, 5) is 44.2. The number of hydrogen-bond acceptors (Lipinski definition) is 4. The quantitative estimate of drug-likeness (QED) is 0.689. The van der Waals surface area contributed by atoms with Crippen LogP contribution in [0, 0.1) is 5.92 Å². The molecule has 7 nitrogen and oxygen atoms in total. The first-order valence-corrected chi connectivity index (χ1v) is 11.6. The number of hydrogen-bond donors (Lipinski definition) is 0. The Labute approximate surface area is 198 Å². The van der Waals surface area contributed by atoms with E-state index < -0.39 is 0 Å². The third kappa shape index (κ3) is 5.30. The molecule has 2 aliphatic heterocycles. The highest BCUT2D eigenvalue weighted by atomic mass is 35.5. The van der Waals surface area contributed by atoms with E-state index in [9.17, 15) is 14.4 Å². The summed E-state index contributed by atoms with van der Waals surface area (Å²) >= 11 is 5.93. The molecule has 174 valence electrons. The number of benzene rings is 2. The van der Waals surface area contributed by atoms with E-state index in [1.54, 1.807) is 65.4 Å². The standard InChI is InChI=1S/C25H28ClN3O4/c1-33-22-10-6-19(7-11-22)23(30)27-13-15-28(16-14-27)25(32)20-3-2-12-29(17-20)24(31)18-4-8-21(26)9-5-18/h4-11,20H,2-3,12-17H2,1H3. The van der Waals surface area contributed by atoms with Crippen molar-refractivity contribution in [3.8, 4) is 5.75 Å². The van der Waals surface area contributed by atoms with Gasteiger partial charge in [-0.2, -0.15) is 0 Å². The summed E-state index contributed by atoms with van der Waals surface area (Å²) in [6.07, 6.45) is 1.57. The van der Waals surface area contributed by atoms with Crippen LogP contribution in [0.3, 0.4) is 0 Å². The van der Waals surface area contributed by atoms with Gasteiger partial charge >= 0.3 is 0 Å². The largest absolute Gasteiger partial charge is 0.497 e. The smallest absolute Gasteiger partial charge is 0.253 e. The zero-order valence-electron chi connectivity index (χ0n) is 18.7. The summed E-state index contributed by atoms with van der Waals surface area (Å²) in [5.41, 5.74) is 1.19. The van der Waals surface area contributed by atoms with E-state index in [0.29, 0.717) is 61.2 Å². The maximum atomic E-state index is 13.2. The molecule has 0 bridgehead atoms. The van der Waals surface area contributed by atoms with Gasteiger partial charge in [0.15, 0.2) is 0 Å². The van der Waals surface area contributed by atoms with Gasteiger partial charge in [-0.25, -0.2) is 0 Å². The molecule has 3 amide bonds. The average molecular weight is 470 g/mol. The van der Waals surface area contributed by atoms with Gasteiger partial charge in [0.25, 0.3) is 11.8 Å². The van der Waals surface area contributed by atoms with E-state index in [-0.39, 0.29) is 23.6 Å². The van der Waals surface area contributed by atoms with E-state index in [1.165, 1.54) is 0 Å². The zero-order valence-corrected chi connectivity index (χ0v) is 19.5. The Balaban J connectivity index is 1.31. The second-order valence-electron chi connectivity index (χ2n) is 8.44. The van der Waals surface area contributed by atoms with Gasteiger partial charge in [0.05, 0.1) is 13.0 Å². The number of rotatable bonds is 4. The number of carbonyl (C=O) groups is 3. The van der Waals surface area contributed by atoms with Gasteiger partial charge in [0, 0.05) is 55.4 Å². The topological polar surface area (TPSA) is 70.2 Å². The zero-order chi connectivity index (χ0) is 23.4. The van der Waals surface area contributed by atoms with E-state index in [2.05, 4.69) is 0 Å². The van der Waals surface area contributed by atoms with Gasteiger partial charge in [-0.15, -0.1) is 0 Å². The number of nitrogens with zero attached hydrogens (tertiary/aromatic N) is 3. The molecule has 0 spiro atoms.